The van der Waals surface area contributed by atoms with E-state index in [9.17, 15) is 0 Å². The molecule has 0 aliphatic rings. The SMILES string of the molecule is CCCCN(CC)c1nc2sccn2c1CNC(C)(C)C. The van der Waals surface area contributed by atoms with Crippen LogP contribution >= 0.6 is 11.3 Å². The van der Waals surface area contributed by atoms with Crippen molar-refractivity contribution in [2.75, 3.05) is 18.0 Å². The Hall–Kier alpha value is -1.07. The fourth-order valence-corrected chi connectivity index (χ4v) is 3.08. The highest BCUT2D eigenvalue weighted by molar-refractivity contribution is 7.15. The first-order chi connectivity index (χ1) is 9.96. The van der Waals surface area contributed by atoms with Crippen LogP contribution in [0.2, 0.25) is 0 Å². The molecule has 0 aliphatic carbocycles. The summed E-state index contributed by atoms with van der Waals surface area (Å²) >= 11 is 1.70. The van der Waals surface area contributed by atoms with Gasteiger partial charge in [-0.25, -0.2) is 4.98 Å². The molecule has 0 unspecified atom stereocenters. The Balaban J connectivity index is 2.30. The van der Waals surface area contributed by atoms with Gasteiger partial charge in [0.1, 0.15) is 0 Å². The zero-order valence-electron chi connectivity index (χ0n) is 13.9. The number of unbranched alkanes of at least 4 members (excludes halogenated alkanes) is 1. The highest BCUT2D eigenvalue weighted by Gasteiger charge is 2.19. The molecule has 2 rings (SSSR count). The molecule has 0 fully saturated rings. The Labute approximate surface area is 132 Å². The highest BCUT2D eigenvalue weighted by Crippen LogP contribution is 2.25. The number of imidazole rings is 1. The van der Waals surface area contributed by atoms with Gasteiger partial charge in [-0.1, -0.05) is 13.3 Å². The zero-order chi connectivity index (χ0) is 15.5. The quantitative estimate of drug-likeness (QED) is 0.841. The molecule has 2 heterocycles. The summed E-state index contributed by atoms with van der Waals surface area (Å²) in [6.45, 7) is 14.0. The van der Waals surface area contributed by atoms with Crippen molar-refractivity contribution in [2.45, 2.75) is 59.5 Å². The number of aromatic nitrogens is 2. The second kappa shape index (κ2) is 6.79. The summed E-state index contributed by atoms with van der Waals surface area (Å²) in [4.78, 5) is 8.36. The van der Waals surface area contributed by atoms with Crippen molar-refractivity contribution in [2.24, 2.45) is 0 Å². The summed E-state index contributed by atoms with van der Waals surface area (Å²) in [7, 11) is 0. The van der Waals surface area contributed by atoms with Crippen LogP contribution in [0.15, 0.2) is 11.6 Å². The van der Waals surface area contributed by atoms with E-state index in [0.717, 1.165) is 30.4 Å². The molecule has 0 atom stereocenters. The van der Waals surface area contributed by atoms with Crippen LogP contribution in [-0.2, 0) is 6.54 Å². The highest BCUT2D eigenvalue weighted by atomic mass is 32.1. The van der Waals surface area contributed by atoms with Gasteiger partial charge in [-0.15, -0.1) is 11.3 Å². The van der Waals surface area contributed by atoms with Crippen LogP contribution < -0.4 is 10.2 Å². The number of nitrogens with one attached hydrogen (secondary N) is 1. The summed E-state index contributed by atoms with van der Waals surface area (Å²) in [5.74, 6) is 1.15. The van der Waals surface area contributed by atoms with Crippen molar-refractivity contribution < 1.29 is 0 Å². The molecule has 1 N–H and O–H groups in total. The van der Waals surface area contributed by atoms with Gasteiger partial charge in [-0.05, 0) is 34.1 Å². The van der Waals surface area contributed by atoms with Crippen molar-refractivity contribution in [1.29, 1.82) is 0 Å². The molecule has 0 radical (unpaired) electrons. The normalized spacial score (nSPS) is 12.2. The molecule has 5 heteroatoms. The predicted molar refractivity (Wildman–Crippen MR) is 92.5 cm³/mol. The first-order valence-corrected chi connectivity index (χ1v) is 8.78. The minimum atomic E-state index is 0.109. The molecule has 0 aromatic carbocycles. The molecular weight excluding hydrogens is 280 g/mol. The van der Waals surface area contributed by atoms with E-state index >= 15 is 0 Å². The van der Waals surface area contributed by atoms with Crippen LogP contribution in [0.4, 0.5) is 5.82 Å². The van der Waals surface area contributed by atoms with Crippen LogP contribution in [-0.4, -0.2) is 28.0 Å². The van der Waals surface area contributed by atoms with Gasteiger partial charge >= 0.3 is 0 Å². The van der Waals surface area contributed by atoms with E-state index in [0.29, 0.717) is 0 Å². The van der Waals surface area contributed by atoms with Crippen LogP contribution in [0.25, 0.3) is 4.96 Å². The maximum Gasteiger partial charge on any atom is 0.195 e. The molecule has 0 aliphatic heterocycles. The van der Waals surface area contributed by atoms with Gasteiger partial charge < -0.3 is 10.2 Å². The van der Waals surface area contributed by atoms with Gasteiger partial charge in [0.15, 0.2) is 10.8 Å². The van der Waals surface area contributed by atoms with Crippen LogP contribution in [0.3, 0.4) is 0 Å². The standard InChI is InChI=1S/C16H28N4S/c1-6-8-9-19(7-2)14-13(12-17-16(3,4)5)20-10-11-21-15(20)18-14/h10-11,17H,6-9,12H2,1-5H3. The third kappa shape index (κ3) is 3.98. The fraction of sp³-hybridized carbons (Fsp3) is 0.688. The first-order valence-electron chi connectivity index (χ1n) is 7.90. The monoisotopic (exact) mass is 308 g/mol. The van der Waals surface area contributed by atoms with E-state index in [1.165, 1.54) is 18.5 Å². The molecule has 0 amide bonds. The summed E-state index contributed by atoms with van der Waals surface area (Å²) in [6, 6.07) is 0. The molecule has 0 spiro atoms. The topological polar surface area (TPSA) is 32.6 Å². The Morgan fingerprint density at radius 2 is 2.10 bits per heavy atom. The Morgan fingerprint density at radius 3 is 2.71 bits per heavy atom. The minimum absolute atomic E-state index is 0.109. The van der Waals surface area contributed by atoms with Gasteiger partial charge in [0.2, 0.25) is 0 Å². The van der Waals surface area contributed by atoms with Gasteiger partial charge in [0.25, 0.3) is 0 Å². The lowest BCUT2D eigenvalue weighted by Gasteiger charge is -2.24. The molecule has 4 nitrogen and oxygen atoms in total. The van der Waals surface area contributed by atoms with Crippen molar-refractivity contribution in [3.05, 3.63) is 17.3 Å². The van der Waals surface area contributed by atoms with Crippen molar-refractivity contribution >= 4 is 22.1 Å². The predicted octanol–water partition coefficient (Wildman–Crippen LogP) is 3.91. The third-order valence-corrected chi connectivity index (χ3v) is 4.35. The Morgan fingerprint density at radius 1 is 1.33 bits per heavy atom. The number of hydrogen-bond acceptors (Lipinski definition) is 4. The van der Waals surface area contributed by atoms with Crippen LogP contribution in [0.1, 0.15) is 53.2 Å². The second-order valence-corrected chi connectivity index (χ2v) is 7.35. The van der Waals surface area contributed by atoms with E-state index in [2.05, 4.69) is 60.8 Å². The fourth-order valence-electron chi connectivity index (χ4n) is 2.35. The first kappa shape index (κ1) is 16.3. The maximum atomic E-state index is 4.86. The number of hydrogen-bond donors (Lipinski definition) is 1. The number of nitrogens with zero attached hydrogens (tertiary/aromatic N) is 3. The van der Waals surface area contributed by atoms with E-state index in [1.807, 2.05) is 0 Å². The summed E-state index contributed by atoms with van der Waals surface area (Å²) in [6.07, 6.45) is 4.56. The van der Waals surface area contributed by atoms with E-state index in [-0.39, 0.29) is 5.54 Å². The minimum Gasteiger partial charge on any atom is -0.355 e. The van der Waals surface area contributed by atoms with E-state index in [4.69, 9.17) is 4.98 Å². The smallest absolute Gasteiger partial charge is 0.195 e. The Bertz CT molecular complexity index is 564. The van der Waals surface area contributed by atoms with E-state index < -0.39 is 0 Å². The van der Waals surface area contributed by atoms with Crippen molar-refractivity contribution in [3.8, 4) is 0 Å². The summed E-state index contributed by atoms with van der Waals surface area (Å²) < 4.78 is 2.23. The van der Waals surface area contributed by atoms with Gasteiger partial charge in [-0.2, -0.15) is 0 Å². The summed E-state index contributed by atoms with van der Waals surface area (Å²) in [5.41, 5.74) is 1.39. The average Bonchev–Trinajstić information content (AvgIpc) is 2.97. The lowest BCUT2D eigenvalue weighted by atomic mass is 10.1. The van der Waals surface area contributed by atoms with Gasteiger partial charge in [0.05, 0.1) is 5.69 Å². The second-order valence-electron chi connectivity index (χ2n) is 6.47. The largest absolute Gasteiger partial charge is 0.355 e. The summed E-state index contributed by atoms with van der Waals surface area (Å²) in [5, 5.41) is 5.70. The number of thiazole rings is 1. The molecule has 118 valence electrons. The number of anilines is 1. The van der Waals surface area contributed by atoms with Gasteiger partial charge in [-0.3, -0.25) is 4.40 Å². The van der Waals surface area contributed by atoms with E-state index in [1.54, 1.807) is 11.3 Å². The van der Waals surface area contributed by atoms with Crippen LogP contribution in [0.5, 0.6) is 0 Å². The van der Waals surface area contributed by atoms with Crippen molar-refractivity contribution in [1.82, 2.24) is 14.7 Å². The lowest BCUT2D eigenvalue weighted by Crippen LogP contribution is -2.36. The van der Waals surface area contributed by atoms with Crippen molar-refractivity contribution in [3.63, 3.8) is 0 Å². The maximum absolute atomic E-state index is 4.86. The molecule has 21 heavy (non-hydrogen) atoms. The molecular formula is C16H28N4S. The third-order valence-electron chi connectivity index (χ3n) is 3.59. The number of rotatable bonds is 7. The van der Waals surface area contributed by atoms with Gasteiger partial charge in [0, 0.05) is 36.8 Å². The van der Waals surface area contributed by atoms with Crippen LogP contribution in [0, 0.1) is 0 Å². The zero-order valence-corrected chi connectivity index (χ0v) is 14.8. The Kier molecular flexibility index (Phi) is 5.27. The molecule has 0 saturated heterocycles. The molecule has 2 aromatic rings. The molecule has 0 saturated carbocycles. The lowest BCUT2D eigenvalue weighted by molar-refractivity contribution is 0.420. The number of fused-ring (bicyclic) bond motifs is 1. The molecule has 0 bridgehead atoms. The average molecular weight is 308 g/mol. The molecule has 2 aromatic heterocycles.